The van der Waals surface area contributed by atoms with E-state index in [1.54, 1.807) is 12.3 Å². The van der Waals surface area contributed by atoms with Crippen LogP contribution in [0.1, 0.15) is 24.8 Å². The lowest BCUT2D eigenvalue weighted by Crippen LogP contribution is -2.30. The van der Waals surface area contributed by atoms with E-state index in [0.29, 0.717) is 4.47 Å². The molecule has 0 unspecified atom stereocenters. The van der Waals surface area contributed by atoms with E-state index in [4.69, 9.17) is 11.6 Å². The van der Waals surface area contributed by atoms with Crippen molar-refractivity contribution < 1.29 is 8.42 Å². The van der Waals surface area contributed by atoms with E-state index in [9.17, 15) is 8.42 Å². The van der Waals surface area contributed by atoms with Crippen molar-refractivity contribution in [1.82, 2.24) is 14.7 Å². The molecule has 1 aliphatic heterocycles. The topological polar surface area (TPSA) is 75.2 Å². The van der Waals surface area contributed by atoms with Gasteiger partial charge in [-0.25, -0.2) is 23.1 Å². The molecule has 0 radical (unpaired) electrons. The van der Waals surface area contributed by atoms with Crippen LogP contribution in [0.15, 0.2) is 40.0 Å². The summed E-state index contributed by atoms with van der Waals surface area (Å²) in [6, 6.07) is 5.16. The van der Waals surface area contributed by atoms with Gasteiger partial charge in [0.1, 0.15) is 15.9 Å². The molecule has 25 heavy (non-hydrogen) atoms. The zero-order valence-electron chi connectivity index (χ0n) is 13.5. The maximum Gasteiger partial charge on any atom is 0.243 e. The zero-order chi connectivity index (χ0) is 17.9. The summed E-state index contributed by atoms with van der Waals surface area (Å²) >= 11 is 9.13. The first kappa shape index (κ1) is 18.6. The summed E-state index contributed by atoms with van der Waals surface area (Å²) in [5.74, 6) is 0.888. The fraction of sp³-hybridized carbons (Fsp3) is 0.375. The molecular formula is C16H18BrClN4O2S. The molecule has 9 heteroatoms. The molecule has 0 aromatic carbocycles. The Labute approximate surface area is 160 Å². The molecule has 3 heterocycles. The Hall–Kier alpha value is -1.22. The highest BCUT2D eigenvalue weighted by molar-refractivity contribution is 9.10. The van der Waals surface area contributed by atoms with Gasteiger partial charge in [0.2, 0.25) is 10.0 Å². The van der Waals surface area contributed by atoms with Crippen molar-refractivity contribution in [2.45, 2.75) is 30.7 Å². The lowest BCUT2D eigenvalue weighted by molar-refractivity contribution is 0.572. The number of hydrogen-bond acceptors (Lipinski definition) is 5. The number of hydrogen-bond donors (Lipinski definition) is 1. The second-order valence-corrected chi connectivity index (χ2v) is 8.85. The number of halogens is 2. The summed E-state index contributed by atoms with van der Waals surface area (Å²) in [6.07, 6.45) is 6.73. The lowest BCUT2D eigenvalue weighted by Gasteiger charge is -2.27. The van der Waals surface area contributed by atoms with Crippen LogP contribution in [-0.2, 0) is 16.6 Å². The van der Waals surface area contributed by atoms with Crippen molar-refractivity contribution in [2.75, 3.05) is 18.0 Å². The highest BCUT2D eigenvalue weighted by Gasteiger charge is 2.19. The Morgan fingerprint density at radius 3 is 2.72 bits per heavy atom. The Bertz CT molecular complexity index is 857. The minimum Gasteiger partial charge on any atom is -0.357 e. The average molecular weight is 446 g/mol. The summed E-state index contributed by atoms with van der Waals surface area (Å²) in [6.45, 7) is 2.14. The molecule has 1 fully saturated rings. The normalized spacial score (nSPS) is 15.4. The van der Waals surface area contributed by atoms with E-state index in [-0.39, 0.29) is 16.6 Å². The number of pyridine rings is 2. The fourth-order valence-electron chi connectivity index (χ4n) is 2.72. The molecule has 0 saturated carbocycles. The van der Waals surface area contributed by atoms with Gasteiger partial charge in [0.25, 0.3) is 0 Å². The zero-order valence-corrected chi connectivity index (χ0v) is 16.6. The number of sulfonamides is 1. The van der Waals surface area contributed by atoms with Gasteiger partial charge >= 0.3 is 0 Å². The van der Waals surface area contributed by atoms with Crippen LogP contribution in [0.5, 0.6) is 0 Å². The minimum atomic E-state index is -3.76. The first-order valence-electron chi connectivity index (χ1n) is 7.96. The smallest absolute Gasteiger partial charge is 0.243 e. The fourth-order valence-corrected chi connectivity index (χ4v) is 4.67. The van der Waals surface area contributed by atoms with Crippen molar-refractivity contribution in [1.29, 1.82) is 0 Å². The minimum absolute atomic E-state index is 0.0474. The molecule has 0 bridgehead atoms. The first-order valence-corrected chi connectivity index (χ1v) is 10.6. The quantitative estimate of drug-likeness (QED) is 0.714. The van der Waals surface area contributed by atoms with Gasteiger partial charge in [0, 0.05) is 36.5 Å². The molecule has 2 aromatic rings. The predicted octanol–water partition coefficient (Wildman–Crippen LogP) is 3.36. The monoisotopic (exact) mass is 444 g/mol. The SMILES string of the molecule is O=S(=O)(NCc1ccnc(N2CCCCC2)c1)c1cc(Br)cnc1Cl. The molecule has 0 spiro atoms. The predicted molar refractivity (Wildman–Crippen MR) is 101 cm³/mol. The summed E-state index contributed by atoms with van der Waals surface area (Å²) in [7, 11) is -3.76. The Kier molecular flexibility index (Phi) is 5.93. The molecule has 1 saturated heterocycles. The van der Waals surface area contributed by atoms with Gasteiger partial charge in [0.15, 0.2) is 0 Å². The highest BCUT2D eigenvalue weighted by Crippen LogP contribution is 2.23. The van der Waals surface area contributed by atoms with E-state index in [1.165, 1.54) is 18.7 Å². The van der Waals surface area contributed by atoms with Gasteiger partial charge in [0.05, 0.1) is 0 Å². The second kappa shape index (κ2) is 7.99. The van der Waals surface area contributed by atoms with E-state index < -0.39 is 10.0 Å². The highest BCUT2D eigenvalue weighted by atomic mass is 79.9. The number of nitrogens with one attached hydrogen (secondary N) is 1. The molecule has 1 N–H and O–H groups in total. The number of anilines is 1. The van der Waals surface area contributed by atoms with Crippen LogP contribution >= 0.6 is 27.5 Å². The van der Waals surface area contributed by atoms with E-state index in [2.05, 4.69) is 35.5 Å². The lowest BCUT2D eigenvalue weighted by atomic mass is 10.1. The van der Waals surface area contributed by atoms with Crippen LogP contribution in [-0.4, -0.2) is 31.5 Å². The van der Waals surface area contributed by atoms with E-state index >= 15 is 0 Å². The molecule has 1 aliphatic rings. The van der Waals surface area contributed by atoms with Gasteiger partial charge in [-0.15, -0.1) is 0 Å². The van der Waals surface area contributed by atoms with Gasteiger partial charge in [-0.2, -0.15) is 0 Å². The Balaban J connectivity index is 1.73. The van der Waals surface area contributed by atoms with Crippen molar-refractivity contribution in [3.63, 3.8) is 0 Å². The summed E-state index contributed by atoms with van der Waals surface area (Å²) in [5, 5.41) is -0.0561. The van der Waals surface area contributed by atoms with Crippen molar-refractivity contribution in [3.05, 3.63) is 45.8 Å². The van der Waals surface area contributed by atoms with Gasteiger partial charge in [-0.1, -0.05) is 11.6 Å². The molecule has 0 atom stereocenters. The van der Waals surface area contributed by atoms with E-state index in [0.717, 1.165) is 37.3 Å². The third-order valence-electron chi connectivity index (χ3n) is 4.02. The van der Waals surface area contributed by atoms with Crippen LogP contribution < -0.4 is 9.62 Å². The number of rotatable bonds is 5. The maximum atomic E-state index is 12.5. The van der Waals surface area contributed by atoms with Crippen LogP contribution in [0.25, 0.3) is 0 Å². The number of piperidine rings is 1. The molecule has 2 aromatic heterocycles. The molecule has 134 valence electrons. The summed E-state index contributed by atoms with van der Waals surface area (Å²) in [5.41, 5.74) is 0.846. The second-order valence-electron chi connectivity index (χ2n) is 5.84. The Morgan fingerprint density at radius 1 is 1.20 bits per heavy atom. The van der Waals surface area contributed by atoms with Gasteiger partial charge < -0.3 is 4.90 Å². The molecule has 0 aliphatic carbocycles. The van der Waals surface area contributed by atoms with Crippen LogP contribution in [0.4, 0.5) is 5.82 Å². The Morgan fingerprint density at radius 2 is 1.96 bits per heavy atom. The van der Waals surface area contributed by atoms with Gasteiger partial charge in [-0.3, -0.25) is 0 Å². The average Bonchev–Trinajstić information content (AvgIpc) is 2.63. The van der Waals surface area contributed by atoms with Crippen molar-refractivity contribution >= 4 is 43.4 Å². The largest absolute Gasteiger partial charge is 0.357 e. The third-order valence-corrected chi connectivity index (χ3v) is 6.28. The third kappa shape index (κ3) is 4.69. The van der Waals surface area contributed by atoms with Crippen molar-refractivity contribution in [2.24, 2.45) is 0 Å². The maximum absolute atomic E-state index is 12.5. The van der Waals surface area contributed by atoms with E-state index in [1.807, 2.05) is 6.07 Å². The molecule has 3 rings (SSSR count). The molecule has 6 nitrogen and oxygen atoms in total. The molecular weight excluding hydrogens is 428 g/mol. The van der Waals surface area contributed by atoms with Crippen LogP contribution in [0.3, 0.4) is 0 Å². The summed E-state index contributed by atoms with van der Waals surface area (Å²) < 4.78 is 28.1. The number of aromatic nitrogens is 2. The van der Waals surface area contributed by atoms with Crippen LogP contribution in [0.2, 0.25) is 5.15 Å². The molecule has 0 amide bonds. The first-order chi connectivity index (χ1) is 12.0. The van der Waals surface area contributed by atoms with Crippen LogP contribution in [0, 0.1) is 0 Å². The summed E-state index contributed by atoms with van der Waals surface area (Å²) in [4.78, 5) is 10.4. The number of nitrogens with zero attached hydrogens (tertiary/aromatic N) is 3. The van der Waals surface area contributed by atoms with Gasteiger partial charge in [-0.05, 0) is 59.0 Å². The standard InChI is InChI=1S/C16H18BrClN4O2S/c17-13-9-14(16(18)20-11-13)25(23,24)21-10-12-4-5-19-15(8-12)22-6-2-1-3-7-22/h4-5,8-9,11,21H,1-3,6-7,10H2. The van der Waals surface area contributed by atoms with Crippen molar-refractivity contribution in [3.8, 4) is 0 Å².